The van der Waals surface area contributed by atoms with Crippen LogP contribution in [0.4, 0.5) is 21.5 Å². The predicted octanol–water partition coefficient (Wildman–Crippen LogP) is 5.25. The van der Waals surface area contributed by atoms with Gasteiger partial charge in [-0.3, -0.25) is 4.79 Å². The van der Waals surface area contributed by atoms with Gasteiger partial charge in [0, 0.05) is 36.2 Å². The van der Waals surface area contributed by atoms with Crippen molar-refractivity contribution in [3.8, 4) is 0 Å². The Balaban J connectivity index is 1.72. The van der Waals surface area contributed by atoms with Gasteiger partial charge in [0.1, 0.15) is 5.82 Å². The van der Waals surface area contributed by atoms with E-state index in [0.29, 0.717) is 16.8 Å². The summed E-state index contributed by atoms with van der Waals surface area (Å²) in [5.74, 6) is -0.591. The third kappa shape index (κ3) is 4.48. The fraction of sp³-hybridized carbons (Fsp3) is 0.318. The molecule has 2 aromatic carbocycles. The van der Waals surface area contributed by atoms with Crippen LogP contribution < -0.4 is 15.5 Å². The average molecular weight is 367 g/mol. The molecule has 1 aliphatic rings. The minimum atomic E-state index is -0.362. The molecule has 0 fully saturated rings. The number of hydrogen-bond acceptors (Lipinski definition) is 3. The van der Waals surface area contributed by atoms with Crippen LogP contribution in [-0.2, 0) is 4.79 Å². The molecular formula is C22H26FN3O. The molecule has 5 heteroatoms. The number of carbonyl (C=O) groups excluding carboxylic acids is 1. The molecule has 1 aliphatic heterocycles. The van der Waals surface area contributed by atoms with Crippen molar-refractivity contribution >= 4 is 28.5 Å². The Bertz CT molecular complexity index is 830. The number of rotatable bonds is 8. The Labute approximate surface area is 160 Å². The van der Waals surface area contributed by atoms with Crippen molar-refractivity contribution in [2.45, 2.75) is 33.1 Å². The van der Waals surface area contributed by atoms with E-state index in [4.69, 9.17) is 0 Å². The van der Waals surface area contributed by atoms with Crippen LogP contribution in [0.2, 0.25) is 0 Å². The monoisotopic (exact) mass is 367 g/mol. The van der Waals surface area contributed by atoms with Crippen molar-refractivity contribution in [2.75, 3.05) is 28.6 Å². The highest BCUT2D eigenvalue weighted by atomic mass is 19.1. The zero-order chi connectivity index (χ0) is 19.2. The number of nitrogens with zero attached hydrogens (tertiary/aromatic N) is 1. The van der Waals surface area contributed by atoms with Crippen LogP contribution in [0.25, 0.3) is 5.57 Å². The predicted molar refractivity (Wildman–Crippen MR) is 110 cm³/mol. The molecule has 0 aromatic heterocycles. The Kier molecular flexibility index (Phi) is 6.12. The summed E-state index contributed by atoms with van der Waals surface area (Å²) in [6, 6.07) is 12.5. The quantitative estimate of drug-likeness (QED) is 0.627. The number of anilines is 3. The van der Waals surface area contributed by atoms with E-state index in [1.54, 1.807) is 12.3 Å². The lowest BCUT2D eigenvalue weighted by atomic mass is 10.1. The highest BCUT2D eigenvalue weighted by molar-refractivity contribution is 6.31. The second-order valence-corrected chi connectivity index (χ2v) is 6.73. The second-order valence-electron chi connectivity index (χ2n) is 6.73. The summed E-state index contributed by atoms with van der Waals surface area (Å²) in [5, 5.41) is 5.87. The highest BCUT2D eigenvalue weighted by Gasteiger charge is 2.24. The third-order valence-electron chi connectivity index (χ3n) is 4.66. The van der Waals surface area contributed by atoms with E-state index < -0.39 is 0 Å². The minimum absolute atomic E-state index is 0.228. The molecule has 0 radical (unpaired) electrons. The standard InChI is InChI=1S/C22H26FN3O/c1-3-5-13-26(12-4-2)18-9-7-17(8-10-18)24-15-20-19-11-6-16(23)14-21(19)25-22(20)27/h6-11,14-15,24H,3-5,12-13H2,1-2H3,(H,25,27)/b20-15+. The first-order valence-electron chi connectivity index (χ1n) is 9.55. The molecule has 2 N–H and O–H groups in total. The van der Waals surface area contributed by atoms with Crippen LogP contribution in [0.3, 0.4) is 0 Å². The summed E-state index contributed by atoms with van der Waals surface area (Å²) in [6.45, 7) is 6.51. The molecule has 1 heterocycles. The first kappa shape index (κ1) is 19.0. The topological polar surface area (TPSA) is 44.4 Å². The molecule has 0 unspecified atom stereocenters. The summed E-state index contributed by atoms with van der Waals surface area (Å²) < 4.78 is 13.3. The van der Waals surface area contributed by atoms with E-state index in [-0.39, 0.29) is 11.7 Å². The molecule has 2 aromatic rings. The molecule has 0 atom stereocenters. The number of unbranched alkanes of at least 4 members (excludes halogenated alkanes) is 1. The largest absolute Gasteiger partial charge is 0.372 e. The van der Waals surface area contributed by atoms with Gasteiger partial charge < -0.3 is 15.5 Å². The fourth-order valence-corrected chi connectivity index (χ4v) is 3.22. The van der Waals surface area contributed by atoms with Gasteiger partial charge in [-0.1, -0.05) is 20.3 Å². The third-order valence-corrected chi connectivity index (χ3v) is 4.66. The first-order chi connectivity index (χ1) is 13.1. The number of halogens is 1. The number of nitrogens with one attached hydrogen (secondary N) is 2. The number of amides is 1. The molecule has 27 heavy (non-hydrogen) atoms. The Morgan fingerprint density at radius 2 is 1.85 bits per heavy atom. The Morgan fingerprint density at radius 3 is 2.56 bits per heavy atom. The van der Waals surface area contributed by atoms with Gasteiger partial charge in [-0.05, 0) is 55.3 Å². The zero-order valence-electron chi connectivity index (χ0n) is 15.9. The van der Waals surface area contributed by atoms with Crippen molar-refractivity contribution < 1.29 is 9.18 Å². The molecule has 0 spiro atoms. The van der Waals surface area contributed by atoms with Crippen LogP contribution in [0.5, 0.6) is 0 Å². The van der Waals surface area contributed by atoms with E-state index in [1.165, 1.54) is 30.7 Å². The van der Waals surface area contributed by atoms with Gasteiger partial charge in [-0.15, -0.1) is 0 Å². The molecule has 0 aliphatic carbocycles. The minimum Gasteiger partial charge on any atom is -0.372 e. The maximum atomic E-state index is 13.3. The van der Waals surface area contributed by atoms with Gasteiger partial charge in [-0.25, -0.2) is 4.39 Å². The average Bonchev–Trinajstić information content (AvgIpc) is 2.98. The zero-order valence-corrected chi connectivity index (χ0v) is 15.9. The van der Waals surface area contributed by atoms with Gasteiger partial charge in [0.05, 0.1) is 11.3 Å². The molecular weight excluding hydrogens is 341 g/mol. The van der Waals surface area contributed by atoms with Crippen LogP contribution in [0, 0.1) is 5.82 Å². The molecule has 0 saturated carbocycles. The Morgan fingerprint density at radius 1 is 1.07 bits per heavy atom. The number of hydrogen-bond donors (Lipinski definition) is 2. The van der Waals surface area contributed by atoms with Gasteiger partial charge in [0.2, 0.25) is 0 Å². The van der Waals surface area contributed by atoms with Gasteiger partial charge >= 0.3 is 0 Å². The SMILES string of the molecule is CCCCN(CCC)c1ccc(N/C=C2/C(=O)Nc3cc(F)ccc32)cc1. The number of fused-ring (bicyclic) bond motifs is 1. The highest BCUT2D eigenvalue weighted by Crippen LogP contribution is 2.32. The number of carbonyl (C=O) groups is 1. The van der Waals surface area contributed by atoms with Crippen LogP contribution in [0.1, 0.15) is 38.7 Å². The van der Waals surface area contributed by atoms with Crippen molar-refractivity contribution in [3.05, 3.63) is 60.0 Å². The maximum absolute atomic E-state index is 13.3. The summed E-state index contributed by atoms with van der Waals surface area (Å²) in [4.78, 5) is 14.5. The molecule has 0 saturated heterocycles. The first-order valence-corrected chi connectivity index (χ1v) is 9.55. The van der Waals surface area contributed by atoms with E-state index in [2.05, 4.69) is 41.5 Å². The normalized spacial score (nSPS) is 14.2. The molecule has 0 bridgehead atoms. The van der Waals surface area contributed by atoms with Crippen LogP contribution >= 0.6 is 0 Å². The summed E-state index contributed by atoms with van der Waals surface area (Å²) >= 11 is 0. The molecule has 3 rings (SSSR count). The van der Waals surface area contributed by atoms with E-state index in [1.807, 2.05) is 12.1 Å². The van der Waals surface area contributed by atoms with E-state index in [0.717, 1.165) is 25.2 Å². The van der Waals surface area contributed by atoms with Gasteiger partial charge in [0.15, 0.2) is 0 Å². The lowest BCUT2D eigenvalue weighted by molar-refractivity contribution is -0.110. The number of benzene rings is 2. The maximum Gasteiger partial charge on any atom is 0.257 e. The molecule has 1 amide bonds. The summed E-state index contributed by atoms with van der Waals surface area (Å²) in [6.07, 6.45) is 5.15. The van der Waals surface area contributed by atoms with Crippen LogP contribution in [0.15, 0.2) is 48.7 Å². The Hall–Kier alpha value is -2.82. The van der Waals surface area contributed by atoms with Crippen molar-refractivity contribution in [1.82, 2.24) is 0 Å². The van der Waals surface area contributed by atoms with Crippen molar-refractivity contribution in [3.63, 3.8) is 0 Å². The van der Waals surface area contributed by atoms with E-state index in [9.17, 15) is 9.18 Å². The summed E-state index contributed by atoms with van der Waals surface area (Å²) in [7, 11) is 0. The van der Waals surface area contributed by atoms with Crippen LogP contribution in [-0.4, -0.2) is 19.0 Å². The van der Waals surface area contributed by atoms with Gasteiger partial charge in [-0.2, -0.15) is 0 Å². The molecule has 142 valence electrons. The van der Waals surface area contributed by atoms with E-state index >= 15 is 0 Å². The smallest absolute Gasteiger partial charge is 0.257 e. The fourth-order valence-electron chi connectivity index (χ4n) is 3.22. The lowest BCUT2D eigenvalue weighted by Crippen LogP contribution is -2.25. The van der Waals surface area contributed by atoms with Crippen molar-refractivity contribution in [2.24, 2.45) is 0 Å². The second kappa shape index (κ2) is 8.71. The van der Waals surface area contributed by atoms with Crippen molar-refractivity contribution in [1.29, 1.82) is 0 Å². The molecule has 4 nitrogen and oxygen atoms in total. The lowest BCUT2D eigenvalue weighted by Gasteiger charge is -2.24. The van der Waals surface area contributed by atoms with Gasteiger partial charge in [0.25, 0.3) is 5.91 Å². The summed E-state index contributed by atoms with van der Waals surface area (Å²) in [5.41, 5.74) is 3.84.